The van der Waals surface area contributed by atoms with E-state index in [1.165, 1.54) is 115 Å². The second-order valence-corrected chi connectivity index (χ2v) is 30.2. The van der Waals surface area contributed by atoms with Gasteiger partial charge in [-0.1, -0.05) is 242 Å². The fourth-order valence-corrected chi connectivity index (χ4v) is 17.8. The average molecular weight is 1550 g/mol. The lowest BCUT2D eigenvalue weighted by molar-refractivity contribution is 0.666. The standard InChI is InChI=1S/C19H13ClO.C15H14BrN.C15H14ClN.C13H9BrS.C13H9ClO.C13H9ClS/c1-12-15(13-7-3-2-4-8-13)11-17-18(19(12)20)14-9-5-6-10-16(14)21-17;2*1-3-17-14-7-5-4-6-11(14)12-8-9-13(16)10(2)15(12)17;3*1-8-11(14)7-6-10-9-4-2-3-5-12(9)15-13(8)10/h2-11H,1H3;2*4-9H,3H2,1-2H3;3*2-7H,1H3. The van der Waals surface area contributed by atoms with Crippen LogP contribution in [0, 0.1) is 41.5 Å². The number of para-hydroxylation sites is 4. The number of halogens is 6. The normalized spacial score (nSPS) is 11.4. The van der Waals surface area contributed by atoms with Gasteiger partial charge in [-0.15, -0.1) is 22.7 Å². The predicted octanol–water partition coefficient (Wildman–Crippen LogP) is 30.6. The molecule has 19 aromatic rings. The molecule has 0 fully saturated rings. The van der Waals surface area contributed by atoms with Gasteiger partial charge in [-0.3, -0.25) is 0 Å². The molecule has 19 rings (SSSR count). The van der Waals surface area contributed by atoms with Gasteiger partial charge in [0.2, 0.25) is 0 Å². The average Bonchev–Trinajstić information content (AvgIpc) is 1.65. The van der Waals surface area contributed by atoms with Gasteiger partial charge in [-0.05, 0) is 173 Å². The summed E-state index contributed by atoms with van der Waals surface area (Å²) in [6, 6.07) is 83.4. The maximum absolute atomic E-state index is 6.64. The van der Waals surface area contributed by atoms with Crippen molar-refractivity contribution in [2.24, 2.45) is 0 Å². The van der Waals surface area contributed by atoms with Crippen LogP contribution < -0.4 is 0 Å². The molecule has 6 aromatic heterocycles. The van der Waals surface area contributed by atoms with Gasteiger partial charge in [0.15, 0.2) is 0 Å². The molecule has 496 valence electrons. The van der Waals surface area contributed by atoms with Crippen LogP contribution >= 0.6 is 101 Å². The molecule has 0 atom stereocenters. The zero-order valence-electron chi connectivity index (χ0n) is 56.3. The first kappa shape index (κ1) is 68.7. The monoisotopic (exact) mass is 1550 g/mol. The second-order valence-electron chi connectivity index (χ2n) is 24.8. The van der Waals surface area contributed by atoms with Crippen molar-refractivity contribution in [3.8, 4) is 11.1 Å². The Labute approximate surface area is 625 Å². The Kier molecular flexibility index (Phi) is 20.1. The van der Waals surface area contributed by atoms with E-state index in [0.717, 1.165) is 99.3 Å². The van der Waals surface area contributed by atoms with E-state index in [4.69, 9.17) is 55.2 Å². The SMILES string of the molecule is CCn1c2ccccc2c2ccc(Br)c(C)c21.CCn1c2ccccc2c2ccc(Cl)c(C)c21.Cc1c(-c2ccccc2)cc2oc3ccccc3c2c1Cl.Cc1c(Br)ccc2c1sc1ccccc12.Cc1c(Cl)ccc2c1oc1ccccc12.Cc1c(Cl)ccc2c1sc1ccccc12. The summed E-state index contributed by atoms with van der Waals surface area (Å²) < 4.78 is 24.3. The smallest absolute Gasteiger partial charge is 0.139 e. The Balaban J connectivity index is 0.000000103. The van der Waals surface area contributed by atoms with E-state index < -0.39 is 0 Å². The third-order valence-corrected chi connectivity index (χ3v) is 25.0. The van der Waals surface area contributed by atoms with E-state index >= 15 is 0 Å². The maximum atomic E-state index is 6.64. The van der Waals surface area contributed by atoms with E-state index in [1.54, 1.807) is 0 Å². The fraction of sp³-hybridized carbons (Fsp3) is 0.114. The molecule has 0 saturated carbocycles. The summed E-state index contributed by atoms with van der Waals surface area (Å²) in [5.41, 5.74) is 18.1. The molecule has 12 heteroatoms. The lowest BCUT2D eigenvalue weighted by atomic mass is 9.98. The quantitative estimate of drug-likeness (QED) is 0.177. The van der Waals surface area contributed by atoms with Crippen molar-refractivity contribution in [1.82, 2.24) is 9.13 Å². The second kappa shape index (κ2) is 29.3. The van der Waals surface area contributed by atoms with Crippen molar-refractivity contribution >= 4 is 229 Å². The number of furan rings is 2. The number of thiophene rings is 2. The molecule has 13 aromatic carbocycles. The lowest BCUT2D eigenvalue weighted by Gasteiger charge is -2.08. The molecule has 0 unspecified atom stereocenters. The molecule has 6 heterocycles. The van der Waals surface area contributed by atoms with Gasteiger partial charge in [0, 0.05) is 137 Å². The highest BCUT2D eigenvalue weighted by Gasteiger charge is 2.19. The first-order valence-corrected chi connectivity index (χ1v) is 37.9. The highest BCUT2D eigenvalue weighted by Crippen LogP contribution is 2.44. The van der Waals surface area contributed by atoms with Crippen molar-refractivity contribution < 1.29 is 8.83 Å². The number of hydrogen-bond acceptors (Lipinski definition) is 4. The van der Waals surface area contributed by atoms with Crippen molar-refractivity contribution in [3.63, 3.8) is 0 Å². The first-order valence-electron chi connectivity index (χ1n) is 33.2. The predicted molar refractivity (Wildman–Crippen MR) is 446 cm³/mol. The molecule has 100 heavy (non-hydrogen) atoms. The molecular weight excluding hydrogens is 1480 g/mol. The number of aromatic nitrogens is 2. The fourth-order valence-electron chi connectivity index (χ4n) is 13.8. The Morgan fingerprint density at radius 3 is 1.34 bits per heavy atom. The summed E-state index contributed by atoms with van der Waals surface area (Å²) in [6.07, 6.45) is 0. The van der Waals surface area contributed by atoms with Crippen molar-refractivity contribution in [3.05, 3.63) is 305 Å². The number of rotatable bonds is 3. The van der Waals surface area contributed by atoms with E-state index in [1.807, 2.05) is 108 Å². The maximum Gasteiger partial charge on any atom is 0.139 e. The molecule has 0 N–H and O–H groups in total. The van der Waals surface area contributed by atoms with Gasteiger partial charge in [-0.2, -0.15) is 0 Å². The Hall–Kier alpha value is -8.38. The van der Waals surface area contributed by atoms with Crippen LogP contribution in [0.1, 0.15) is 47.2 Å². The number of benzene rings is 13. The summed E-state index contributed by atoms with van der Waals surface area (Å²) in [5.74, 6) is 0. The molecule has 0 radical (unpaired) electrons. The highest BCUT2D eigenvalue weighted by atomic mass is 79.9. The minimum atomic E-state index is 0.751. The highest BCUT2D eigenvalue weighted by molar-refractivity contribution is 9.10. The third-order valence-electron chi connectivity index (χ3n) is 19.0. The van der Waals surface area contributed by atoms with Crippen LogP contribution in [0.2, 0.25) is 20.1 Å². The van der Waals surface area contributed by atoms with E-state index in [0.29, 0.717) is 0 Å². The molecular formula is C88H68Br2Cl4N2O2S2. The minimum absolute atomic E-state index is 0.751. The van der Waals surface area contributed by atoms with Gasteiger partial charge in [0.1, 0.15) is 22.3 Å². The van der Waals surface area contributed by atoms with Crippen LogP contribution in [-0.4, -0.2) is 9.13 Å². The number of hydrogen-bond donors (Lipinski definition) is 0. The zero-order valence-corrected chi connectivity index (χ0v) is 64.1. The summed E-state index contributed by atoms with van der Waals surface area (Å²) in [6.45, 7) is 18.9. The molecule has 0 amide bonds. The summed E-state index contributed by atoms with van der Waals surface area (Å²) in [5, 5.41) is 18.3. The van der Waals surface area contributed by atoms with E-state index in [9.17, 15) is 0 Å². The largest absolute Gasteiger partial charge is 0.456 e. The molecule has 0 spiro atoms. The molecule has 0 aliphatic carbocycles. The summed E-state index contributed by atoms with van der Waals surface area (Å²) in [7, 11) is 0. The van der Waals surface area contributed by atoms with Crippen molar-refractivity contribution in [1.29, 1.82) is 0 Å². The molecule has 0 saturated heterocycles. The van der Waals surface area contributed by atoms with Gasteiger partial charge >= 0.3 is 0 Å². The van der Waals surface area contributed by atoms with E-state index in [2.05, 4.69) is 253 Å². The molecule has 0 aliphatic rings. The topological polar surface area (TPSA) is 36.1 Å². The number of nitrogens with zero attached hydrogens (tertiary/aromatic N) is 2. The third kappa shape index (κ3) is 12.8. The minimum Gasteiger partial charge on any atom is -0.456 e. The van der Waals surface area contributed by atoms with Gasteiger partial charge in [0.05, 0.1) is 16.1 Å². The Morgan fingerprint density at radius 1 is 0.340 bits per heavy atom. The van der Waals surface area contributed by atoms with Gasteiger partial charge < -0.3 is 18.0 Å². The van der Waals surface area contributed by atoms with Crippen LogP contribution in [-0.2, 0) is 13.1 Å². The molecule has 4 nitrogen and oxygen atoms in total. The lowest BCUT2D eigenvalue weighted by Crippen LogP contribution is -1.94. The summed E-state index contributed by atoms with van der Waals surface area (Å²) >= 11 is 35.9. The zero-order chi connectivity index (χ0) is 69.6. The number of aryl methyl sites for hydroxylation is 7. The van der Waals surface area contributed by atoms with E-state index in [-0.39, 0.29) is 0 Å². The van der Waals surface area contributed by atoms with Crippen LogP contribution in [0.5, 0.6) is 0 Å². The first-order chi connectivity index (χ1) is 48.5. The van der Waals surface area contributed by atoms with Crippen LogP contribution in [0.15, 0.2) is 260 Å². The molecule has 0 bridgehead atoms. The van der Waals surface area contributed by atoms with Crippen LogP contribution in [0.25, 0.3) is 139 Å². The Bertz CT molecular complexity index is 5910. The number of fused-ring (bicyclic) bond motifs is 18. The van der Waals surface area contributed by atoms with Crippen LogP contribution in [0.4, 0.5) is 0 Å². The molecule has 0 aliphatic heterocycles. The van der Waals surface area contributed by atoms with Gasteiger partial charge in [0.25, 0.3) is 0 Å². The Morgan fingerprint density at radius 2 is 0.760 bits per heavy atom. The van der Waals surface area contributed by atoms with Crippen molar-refractivity contribution in [2.45, 2.75) is 68.5 Å². The van der Waals surface area contributed by atoms with Crippen LogP contribution in [0.3, 0.4) is 0 Å². The van der Waals surface area contributed by atoms with Gasteiger partial charge in [-0.25, -0.2) is 0 Å². The van der Waals surface area contributed by atoms with Crippen molar-refractivity contribution in [2.75, 3.05) is 0 Å². The summed E-state index contributed by atoms with van der Waals surface area (Å²) in [4.78, 5) is 0.